The van der Waals surface area contributed by atoms with Gasteiger partial charge in [0, 0.05) is 24.6 Å². The molecule has 0 fully saturated rings. The van der Waals surface area contributed by atoms with Gasteiger partial charge in [-0.1, -0.05) is 12.1 Å². The van der Waals surface area contributed by atoms with E-state index in [4.69, 9.17) is 14.2 Å². The van der Waals surface area contributed by atoms with E-state index in [9.17, 15) is 4.79 Å². The Morgan fingerprint density at radius 2 is 1.88 bits per heavy atom. The Labute approximate surface area is 148 Å². The first-order chi connectivity index (χ1) is 12.1. The van der Waals surface area contributed by atoms with E-state index in [0.29, 0.717) is 31.7 Å². The molecule has 134 valence electrons. The number of benzene rings is 2. The summed E-state index contributed by atoms with van der Waals surface area (Å²) in [5.74, 6) is 2.25. The molecule has 2 rings (SSSR count). The topological polar surface area (TPSA) is 56.8 Å². The van der Waals surface area contributed by atoms with Gasteiger partial charge in [-0.2, -0.15) is 0 Å². The number of amides is 1. The molecule has 0 radical (unpaired) electrons. The minimum atomic E-state index is -0.00860. The van der Waals surface area contributed by atoms with Crippen LogP contribution in [-0.4, -0.2) is 26.7 Å². The zero-order valence-corrected chi connectivity index (χ0v) is 15.0. The van der Waals surface area contributed by atoms with Gasteiger partial charge in [0.15, 0.2) is 0 Å². The van der Waals surface area contributed by atoms with Crippen molar-refractivity contribution in [2.75, 3.05) is 20.8 Å². The smallest absolute Gasteiger partial charge is 0.220 e. The van der Waals surface area contributed by atoms with Crippen molar-refractivity contribution < 1.29 is 19.0 Å². The fourth-order valence-electron chi connectivity index (χ4n) is 2.41. The fourth-order valence-corrected chi connectivity index (χ4v) is 2.41. The second-order valence-corrected chi connectivity index (χ2v) is 5.72. The van der Waals surface area contributed by atoms with Crippen LogP contribution in [0.15, 0.2) is 42.5 Å². The van der Waals surface area contributed by atoms with E-state index in [-0.39, 0.29) is 5.91 Å². The van der Waals surface area contributed by atoms with Gasteiger partial charge >= 0.3 is 0 Å². The highest BCUT2D eigenvalue weighted by Crippen LogP contribution is 2.24. The number of rotatable bonds is 9. The Hall–Kier alpha value is -2.69. The van der Waals surface area contributed by atoms with Crippen molar-refractivity contribution in [3.63, 3.8) is 0 Å². The van der Waals surface area contributed by atoms with Crippen LogP contribution in [0.4, 0.5) is 0 Å². The highest BCUT2D eigenvalue weighted by atomic mass is 16.5. The Kier molecular flexibility index (Phi) is 7.14. The lowest BCUT2D eigenvalue weighted by molar-refractivity contribution is -0.121. The molecule has 0 bridgehead atoms. The summed E-state index contributed by atoms with van der Waals surface area (Å²) >= 11 is 0. The van der Waals surface area contributed by atoms with Crippen LogP contribution in [0.5, 0.6) is 17.2 Å². The van der Waals surface area contributed by atoms with Gasteiger partial charge in [-0.15, -0.1) is 0 Å². The van der Waals surface area contributed by atoms with Crippen LogP contribution in [0.25, 0.3) is 0 Å². The molecule has 0 unspecified atom stereocenters. The first kappa shape index (κ1) is 18.6. The van der Waals surface area contributed by atoms with Crippen LogP contribution in [0.1, 0.15) is 24.0 Å². The molecule has 0 aliphatic heterocycles. The van der Waals surface area contributed by atoms with Crippen LogP contribution in [-0.2, 0) is 11.3 Å². The van der Waals surface area contributed by atoms with E-state index < -0.39 is 0 Å². The Morgan fingerprint density at radius 1 is 1.04 bits per heavy atom. The number of carbonyl (C=O) groups is 1. The van der Waals surface area contributed by atoms with E-state index in [1.807, 2.05) is 43.3 Å². The van der Waals surface area contributed by atoms with Gasteiger partial charge < -0.3 is 19.5 Å². The first-order valence-corrected chi connectivity index (χ1v) is 8.29. The molecule has 1 amide bonds. The van der Waals surface area contributed by atoms with Crippen molar-refractivity contribution in [2.24, 2.45) is 0 Å². The summed E-state index contributed by atoms with van der Waals surface area (Å²) in [6, 6.07) is 13.4. The van der Waals surface area contributed by atoms with E-state index in [1.165, 1.54) is 0 Å². The van der Waals surface area contributed by atoms with Gasteiger partial charge in [-0.3, -0.25) is 4.79 Å². The molecule has 0 aliphatic carbocycles. The molecule has 0 saturated heterocycles. The van der Waals surface area contributed by atoms with Crippen molar-refractivity contribution in [1.29, 1.82) is 0 Å². The number of methoxy groups -OCH3 is 2. The minimum Gasteiger partial charge on any atom is -0.497 e. The minimum absolute atomic E-state index is 0.00860. The second-order valence-electron chi connectivity index (χ2n) is 5.72. The summed E-state index contributed by atoms with van der Waals surface area (Å²) in [5.41, 5.74) is 2.07. The largest absolute Gasteiger partial charge is 0.497 e. The third kappa shape index (κ3) is 6.03. The molecule has 1 N–H and O–H groups in total. The van der Waals surface area contributed by atoms with Gasteiger partial charge in [0.2, 0.25) is 5.91 Å². The quantitative estimate of drug-likeness (QED) is 0.708. The van der Waals surface area contributed by atoms with E-state index >= 15 is 0 Å². The number of ether oxygens (including phenoxy) is 3. The van der Waals surface area contributed by atoms with Crippen molar-refractivity contribution in [3.8, 4) is 17.2 Å². The molecule has 0 spiro atoms. The molecule has 0 aliphatic rings. The van der Waals surface area contributed by atoms with Gasteiger partial charge in [0.1, 0.15) is 17.2 Å². The summed E-state index contributed by atoms with van der Waals surface area (Å²) < 4.78 is 16.1. The van der Waals surface area contributed by atoms with Crippen molar-refractivity contribution in [2.45, 2.75) is 26.3 Å². The molecule has 25 heavy (non-hydrogen) atoms. The predicted molar refractivity (Wildman–Crippen MR) is 97.3 cm³/mol. The van der Waals surface area contributed by atoms with Gasteiger partial charge in [-0.05, 0) is 43.2 Å². The Balaban J connectivity index is 1.72. The molecule has 5 heteroatoms. The molecular formula is C20H25NO4. The summed E-state index contributed by atoms with van der Waals surface area (Å²) in [7, 11) is 3.21. The molecule has 0 atom stereocenters. The van der Waals surface area contributed by atoms with Crippen molar-refractivity contribution in [3.05, 3.63) is 53.6 Å². The molecular weight excluding hydrogens is 318 g/mol. The van der Waals surface area contributed by atoms with Crippen LogP contribution in [0.3, 0.4) is 0 Å². The zero-order chi connectivity index (χ0) is 18.1. The second kappa shape index (κ2) is 9.57. The number of aryl methyl sites for hydroxylation is 1. The van der Waals surface area contributed by atoms with E-state index in [0.717, 1.165) is 22.6 Å². The molecule has 0 aromatic heterocycles. The molecule has 0 heterocycles. The van der Waals surface area contributed by atoms with E-state index in [1.54, 1.807) is 20.3 Å². The van der Waals surface area contributed by atoms with Crippen LogP contribution in [0.2, 0.25) is 0 Å². The third-order valence-corrected chi connectivity index (χ3v) is 3.78. The molecule has 5 nitrogen and oxygen atoms in total. The average Bonchev–Trinajstić information content (AvgIpc) is 2.63. The fraction of sp³-hybridized carbons (Fsp3) is 0.350. The number of hydrogen-bond acceptors (Lipinski definition) is 4. The lowest BCUT2D eigenvalue weighted by Gasteiger charge is -2.11. The number of carbonyl (C=O) groups excluding carboxylic acids is 1. The number of nitrogens with one attached hydrogen (secondary N) is 1. The number of hydrogen-bond donors (Lipinski definition) is 1. The highest BCUT2D eigenvalue weighted by molar-refractivity contribution is 5.75. The average molecular weight is 343 g/mol. The maximum atomic E-state index is 12.0. The monoisotopic (exact) mass is 343 g/mol. The predicted octanol–water partition coefficient (Wildman–Crippen LogP) is 3.49. The molecule has 2 aromatic carbocycles. The summed E-state index contributed by atoms with van der Waals surface area (Å²) in [5, 5.41) is 2.90. The summed E-state index contributed by atoms with van der Waals surface area (Å²) in [6.45, 7) is 2.96. The lowest BCUT2D eigenvalue weighted by atomic mass is 10.2. The van der Waals surface area contributed by atoms with Crippen LogP contribution < -0.4 is 19.5 Å². The van der Waals surface area contributed by atoms with Crippen molar-refractivity contribution >= 4 is 5.91 Å². The van der Waals surface area contributed by atoms with Gasteiger partial charge in [0.05, 0.1) is 20.8 Å². The van der Waals surface area contributed by atoms with Crippen LogP contribution in [0, 0.1) is 6.92 Å². The highest BCUT2D eigenvalue weighted by Gasteiger charge is 2.07. The SMILES string of the molecule is COc1ccc(CNC(=O)CCCOc2cccc(C)c2)c(OC)c1. The van der Waals surface area contributed by atoms with Gasteiger partial charge in [-0.25, -0.2) is 0 Å². The lowest BCUT2D eigenvalue weighted by Crippen LogP contribution is -2.23. The summed E-state index contributed by atoms with van der Waals surface area (Å²) in [4.78, 5) is 12.0. The van der Waals surface area contributed by atoms with E-state index in [2.05, 4.69) is 5.32 Å². The Bertz CT molecular complexity index is 700. The first-order valence-electron chi connectivity index (χ1n) is 8.29. The van der Waals surface area contributed by atoms with Crippen molar-refractivity contribution in [1.82, 2.24) is 5.32 Å². The summed E-state index contributed by atoms with van der Waals surface area (Å²) in [6.07, 6.45) is 1.09. The molecule has 0 saturated carbocycles. The standard InChI is InChI=1S/C20H25NO4/c1-15-6-4-7-18(12-15)25-11-5-8-20(22)21-14-16-9-10-17(23-2)13-19(16)24-3/h4,6-7,9-10,12-13H,5,8,11,14H2,1-3H3,(H,21,22). The third-order valence-electron chi connectivity index (χ3n) is 3.78. The van der Waals surface area contributed by atoms with Gasteiger partial charge in [0.25, 0.3) is 0 Å². The Morgan fingerprint density at radius 3 is 2.60 bits per heavy atom. The maximum Gasteiger partial charge on any atom is 0.220 e. The molecule has 2 aromatic rings. The maximum absolute atomic E-state index is 12.0. The zero-order valence-electron chi connectivity index (χ0n) is 15.0. The van der Waals surface area contributed by atoms with Crippen LogP contribution >= 0.6 is 0 Å². The normalized spacial score (nSPS) is 10.2.